The molecule has 0 aromatic rings. The van der Waals surface area contributed by atoms with Gasteiger partial charge in [0.2, 0.25) is 0 Å². The predicted molar refractivity (Wildman–Crippen MR) is 75.6 cm³/mol. The highest BCUT2D eigenvalue weighted by molar-refractivity contribution is 5.26. The number of hydrogen-bond donors (Lipinski definition) is 1. The minimum Gasteiger partial charge on any atom is -0.492 e. The van der Waals surface area contributed by atoms with E-state index >= 15 is 0 Å². The van der Waals surface area contributed by atoms with Crippen molar-refractivity contribution in [2.45, 2.75) is 26.3 Å². The Morgan fingerprint density at radius 2 is 2.06 bits per heavy atom. The summed E-state index contributed by atoms with van der Waals surface area (Å²) in [6.07, 6.45) is 8.02. The van der Waals surface area contributed by atoms with Gasteiger partial charge in [0.1, 0.15) is 12.4 Å². The fourth-order valence-corrected chi connectivity index (χ4v) is 1.19. The van der Waals surface area contributed by atoms with E-state index in [1.54, 1.807) is 18.2 Å². The summed E-state index contributed by atoms with van der Waals surface area (Å²) in [4.78, 5) is 0. The first-order chi connectivity index (χ1) is 8.04. The van der Waals surface area contributed by atoms with Gasteiger partial charge in [-0.3, -0.25) is 0 Å². The lowest BCUT2D eigenvalue weighted by molar-refractivity contribution is 0.219. The summed E-state index contributed by atoms with van der Waals surface area (Å²) in [5.41, 5.74) is 7.87. The first-order valence-corrected chi connectivity index (χ1v) is 5.74. The van der Waals surface area contributed by atoms with Crippen LogP contribution in [0, 0.1) is 0 Å². The van der Waals surface area contributed by atoms with Gasteiger partial charge in [-0.15, -0.1) is 0 Å². The number of ether oxygens (including phenoxy) is 1. The van der Waals surface area contributed by atoms with Gasteiger partial charge < -0.3 is 10.5 Å². The molecule has 1 unspecified atom stereocenters. The van der Waals surface area contributed by atoms with E-state index in [4.69, 9.17) is 10.5 Å². The van der Waals surface area contributed by atoms with Gasteiger partial charge in [0.25, 0.3) is 0 Å². The molecule has 0 heterocycles. The fraction of sp³-hybridized carbons (Fsp3) is 0.333. The van der Waals surface area contributed by atoms with Crippen LogP contribution in [0.25, 0.3) is 0 Å². The molecule has 0 saturated carbocycles. The van der Waals surface area contributed by atoms with Crippen LogP contribution >= 0.6 is 0 Å². The second-order valence-corrected chi connectivity index (χ2v) is 3.86. The topological polar surface area (TPSA) is 35.2 Å². The molecule has 0 fully saturated rings. The summed E-state index contributed by atoms with van der Waals surface area (Å²) in [5.74, 6) is 0.744. The number of rotatable bonds is 8. The van der Waals surface area contributed by atoms with Crippen LogP contribution in [0.2, 0.25) is 0 Å². The van der Waals surface area contributed by atoms with Crippen molar-refractivity contribution < 1.29 is 4.74 Å². The molecule has 94 valence electrons. The number of allylic oxidation sites excluding steroid dienone is 4. The van der Waals surface area contributed by atoms with Crippen LogP contribution in [-0.2, 0) is 4.74 Å². The first kappa shape index (κ1) is 15.5. The van der Waals surface area contributed by atoms with Gasteiger partial charge in [-0.25, -0.2) is 0 Å². The Balaban J connectivity index is 4.42. The van der Waals surface area contributed by atoms with Crippen molar-refractivity contribution in [1.82, 2.24) is 0 Å². The van der Waals surface area contributed by atoms with E-state index < -0.39 is 0 Å². The Morgan fingerprint density at radius 3 is 2.53 bits per heavy atom. The van der Waals surface area contributed by atoms with Crippen LogP contribution in [0.3, 0.4) is 0 Å². The van der Waals surface area contributed by atoms with E-state index in [0.29, 0.717) is 6.61 Å². The lowest BCUT2D eigenvalue weighted by Crippen LogP contribution is -2.23. The summed E-state index contributed by atoms with van der Waals surface area (Å²) in [7, 11) is 0. The Morgan fingerprint density at radius 1 is 1.41 bits per heavy atom. The molecular weight excluding hydrogens is 210 g/mol. The lowest BCUT2D eigenvalue weighted by Gasteiger charge is -2.15. The quantitative estimate of drug-likeness (QED) is 0.514. The maximum Gasteiger partial charge on any atom is 0.113 e. The molecule has 0 spiro atoms. The molecule has 1 atom stereocenters. The van der Waals surface area contributed by atoms with Gasteiger partial charge in [-0.05, 0) is 25.0 Å². The van der Waals surface area contributed by atoms with Crippen LogP contribution in [0.15, 0.2) is 60.9 Å². The zero-order chi connectivity index (χ0) is 13.3. The van der Waals surface area contributed by atoms with Crippen LogP contribution in [-0.4, -0.2) is 12.6 Å². The summed E-state index contributed by atoms with van der Waals surface area (Å²) in [6.45, 7) is 15.7. The van der Waals surface area contributed by atoms with E-state index in [9.17, 15) is 0 Å². The summed E-state index contributed by atoms with van der Waals surface area (Å²) in [6, 6.07) is -0.0923. The molecule has 17 heavy (non-hydrogen) atoms. The maximum atomic E-state index is 5.91. The van der Waals surface area contributed by atoms with E-state index in [0.717, 1.165) is 23.3 Å². The highest BCUT2D eigenvalue weighted by Crippen LogP contribution is 2.09. The van der Waals surface area contributed by atoms with Crippen LogP contribution in [0.4, 0.5) is 0 Å². The van der Waals surface area contributed by atoms with Crippen molar-refractivity contribution >= 4 is 0 Å². The molecule has 0 radical (unpaired) electrons. The van der Waals surface area contributed by atoms with Gasteiger partial charge >= 0.3 is 0 Å². The summed E-state index contributed by atoms with van der Waals surface area (Å²) in [5, 5.41) is 0. The predicted octanol–water partition coefficient (Wildman–Crippen LogP) is 3.50. The molecule has 0 rings (SSSR count). The molecule has 0 aliphatic rings. The van der Waals surface area contributed by atoms with Crippen molar-refractivity contribution in [3.8, 4) is 0 Å². The van der Waals surface area contributed by atoms with Gasteiger partial charge in [0.15, 0.2) is 0 Å². The Bertz CT molecular complexity index is 337. The van der Waals surface area contributed by atoms with Crippen molar-refractivity contribution in [2.24, 2.45) is 5.73 Å². The average Bonchev–Trinajstić information content (AvgIpc) is 2.33. The van der Waals surface area contributed by atoms with Crippen molar-refractivity contribution in [3.05, 3.63) is 60.9 Å². The highest BCUT2D eigenvalue weighted by atomic mass is 16.5. The zero-order valence-corrected chi connectivity index (χ0v) is 10.9. The normalized spacial score (nSPS) is 14.1. The third-order valence-corrected chi connectivity index (χ3v) is 2.27. The molecule has 0 aliphatic heterocycles. The molecule has 0 aromatic carbocycles. The van der Waals surface area contributed by atoms with Gasteiger partial charge in [0.05, 0.1) is 6.04 Å². The maximum absolute atomic E-state index is 5.91. The van der Waals surface area contributed by atoms with Crippen LogP contribution < -0.4 is 5.73 Å². The fourth-order valence-electron chi connectivity index (χ4n) is 1.19. The average molecular weight is 233 g/mol. The molecule has 0 amide bonds. The molecule has 2 N–H and O–H groups in total. The molecule has 2 heteroatoms. The smallest absolute Gasteiger partial charge is 0.113 e. The van der Waals surface area contributed by atoms with E-state index in [1.807, 2.05) is 19.9 Å². The largest absolute Gasteiger partial charge is 0.492 e. The van der Waals surface area contributed by atoms with E-state index in [-0.39, 0.29) is 6.04 Å². The molecule has 0 aliphatic carbocycles. The third-order valence-electron chi connectivity index (χ3n) is 2.27. The number of hydrogen-bond acceptors (Lipinski definition) is 2. The van der Waals surface area contributed by atoms with Crippen LogP contribution in [0.1, 0.15) is 20.3 Å². The second-order valence-electron chi connectivity index (χ2n) is 3.86. The Labute approximate surface area is 105 Å². The van der Waals surface area contributed by atoms with E-state index in [2.05, 4.69) is 19.7 Å². The molecule has 2 nitrogen and oxygen atoms in total. The molecule has 0 bridgehead atoms. The lowest BCUT2D eigenvalue weighted by atomic mass is 10.2. The van der Waals surface area contributed by atoms with Crippen LogP contribution in [0.5, 0.6) is 0 Å². The Hall–Kier alpha value is -1.54. The molecule has 0 aromatic heterocycles. The third kappa shape index (κ3) is 6.59. The SMILES string of the molecule is C=C/C=C(\OCC(=C)/C=C(/C)C=C)C(N)CC. The summed E-state index contributed by atoms with van der Waals surface area (Å²) < 4.78 is 5.63. The summed E-state index contributed by atoms with van der Waals surface area (Å²) >= 11 is 0. The monoisotopic (exact) mass is 233 g/mol. The highest BCUT2D eigenvalue weighted by Gasteiger charge is 2.07. The molecule has 0 saturated heterocycles. The van der Waals surface area contributed by atoms with E-state index in [1.165, 1.54) is 0 Å². The van der Waals surface area contributed by atoms with Crippen molar-refractivity contribution in [1.29, 1.82) is 0 Å². The standard InChI is InChI=1S/C15H23NO/c1-6-9-15(14(16)8-3)17-11-13(5)10-12(4)7-2/h6-7,9-10,14H,1-2,5,8,11,16H2,3-4H3/b12-10-,15-9-. The minimum atomic E-state index is -0.0923. The minimum absolute atomic E-state index is 0.0923. The molecular formula is C15H23NO. The Kier molecular flexibility index (Phi) is 7.82. The zero-order valence-electron chi connectivity index (χ0n) is 10.9. The van der Waals surface area contributed by atoms with Crippen molar-refractivity contribution in [3.63, 3.8) is 0 Å². The number of nitrogens with two attached hydrogens (primary N) is 1. The van der Waals surface area contributed by atoms with Gasteiger partial charge in [-0.1, -0.05) is 50.5 Å². The van der Waals surface area contributed by atoms with Gasteiger partial charge in [0, 0.05) is 0 Å². The van der Waals surface area contributed by atoms with Gasteiger partial charge in [-0.2, -0.15) is 0 Å². The first-order valence-electron chi connectivity index (χ1n) is 5.74. The van der Waals surface area contributed by atoms with Crippen molar-refractivity contribution in [2.75, 3.05) is 6.61 Å². The second kappa shape index (κ2) is 8.59.